The highest BCUT2D eigenvalue weighted by molar-refractivity contribution is 6.10. The average molecular weight is 409 g/mol. The Hall–Kier alpha value is -3.46. The van der Waals surface area contributed by atoms with Gasteiger partial charge in [-0.1, -0.05) is 6.07 Å². The molecule has 1 unspecified atom stereocenters. The van der Waals surface area contributed by atoms with Gasteiger partial charge in [-0.25, -0.2) is 4.79 Å². The normalized spacial score (nSPS) is 21.5. The Morgan fingerprint density at radius 1 is 1.17 bits per heavy atom. The van der Waals surface area contributed by atoms with Crippen LogP contribution in [0.2, 0.25) is 0 Å². The molecule has 1 aromatic heterocycles. The van der Waals surface area contributed by atoms with Gasteiger partial charge in [0.25, 0.3) is 5.91 Å². The molecule has 1 aromatic carbocycles. The van der Waals surface area contributed by atoms with Gasteiger partial charge < -0.3 is 20.3 Å². The van der Waals surface area contributed by atoms with E-state index in [4.69, 9.17) is 4.74 Å². The second-order valence-electron chi connectivity index (χ2n) is 7.36. The van der Waals surface area contributed by atoms with Crippen LogP contribution in [-0.2, 0) is 19.9 Å². The molecule has 30 heavy (non-hydrogen) atoms. The Labute approximate surface area is 174 Å². The van der Waals surface area contributed by atoms with Crippen molar-refractivity contribution < 1.29 is 19.1 Å². The maximum atomic E-state index is 12.9. The Morgan fingerprint density at radius 2 is 1.90 bits per heavy atom. The molecule has 0 spiro atoms. The highest BCUT2D eigenvalue weighted by Gasteiger charge is 2.50. The van der Waals surface area contributed by atoms with Crippen molar-refractivity contribution in [3.05, 3.63) is 54.4 Å². The Kier molecular flexibility index (Phi) is 5.37. The number of carbonyl (C=O) groups is 3. The molecule has 0 saturated carbocycles. The van der Waals surface area contributed by atoms with Crippen molar-refractivity contribution in [1.29, 1.82) is 0 Å². The molecule has 2 fully saturated rings. The summed E-state index contributed by atoms with van der Waals surface area (Å²) in [4.78, 5) is 45.0. The van der Waals surface area contributed by atoms with Gasteiger partial charge in [0.05, 0.1) is 18.9 Å². The highest BCUT2D eigenvalue weighted by atomic mass is 16.5. The fraction of sp³-hybridized carbons (Fsp3) is 0.333. The van der Waals surface area contributed by atoms with Crippen LogP contribution >= 0.6 is 0 Å². The van der Waals surface area contributed by atoms with Crippen LogP contribution in [0, 0.1) is 0 Å². The fourth-order valence-electron chi connectivity index (χ4n) is 3.59. The van der Waals surface area contributed by atoms with E-state index in [2.05, 4.69) is 20.5 Å². The zero-order chi connectivity index (χ0) is 21.1. The molecule has 2 aliphatic heterocycles. The number of morpholine rings is 1. The number of imide groups is 1. The van der Waals surface area contributed by atoms with Gasteiger partial charge in [0.1, 0.15) is 6.54 Å². The molecule has 0 radical (unpaired) electrons. The molecule has 2 saturated heterocycles. The largest absolute Gasteiger partial charge is 0.378 e. The van der Waals surface area contributed by atoms with E-state index in [0.717, 1.165) is 23.7 Å². The number of pyridine rings is 1. The average Bonchev–Trinajstić information content (AvgIpc) is 2.99. The molecule has 156 valence electrons. The first kappa shape index (κ1) is 19.8. The molecule has 0 aliphatic carbocycles. The third-order valence-corrected chi connectivity index (χ3v) is 5.28. The summed E-state index contributed by atoms with van der Waals surface area (Å²) in [6.07, 6.45) is 1.55. The number of benzene rings is 1. The molecule has 2 aromatic rings. The Bertz CT molecular complexity index is 944. The first-order valence-electron chi connectivity index (χ1n) is 9.75. The predicted molar refractivity (Wildman–Crippen MR) is 110 cm³/mol. The summed E-state index contributed by atoms with van der Waals surface area (Å²) in [5, 5.41) is 5.37. The van der Waals surface area contributed by atoms with Gasteiger partial charge in [0.2, 0.25) is 5.91 Å². The number of hydrogen-bond donors (Lipinski definition) is 2. The van der Waals surface area contributed by atoms with Crippen molar-refractivity contribution in [2.45, 2.75) is 12.5 Å². The summed E-state index contributed by atoms with van der Waals surface area (Å²) in [6.45, 7) is 4.25. The number of ether oxygens (including phenoxy) is 1. The second kappa shape index (κ2) is 8.11. The second-order valence-corrected chi connectivity index (χ2v) is 7.36. The van der Waals surface area contributed by atoms with Crippen molar-refractivity contribution >= 4 is 29.2 Å². The van der Waals surface area contributed by atoms with Crippen LogP contribution < -0.4 is 15.5 Å². The molecular formula is C21H23N5O4. The molecular weight excluding hydrogens is 386 g/mol. The standard InChI is InChI=1S/C21H23N5O4/c1-21(17-4-2-3-9-22-17)19(28)26(20(29)24-21)14-18(27)23-15-5-7-16(8-6-15)25-10-12-30-13-11-25/h2-9H,10-14H2,1H3,(H,23,27)(H,24,29). The molecule has 1 atom stereocenters. The summed E-state index contributed by atoms with van der Waals surface area (Å²) >= 11 is 0. The van der Waals surface area contributed by atoms with E-state index in [1.165, 1.54) is 0 Å². The molecule has 9 nitrogen and oxygen atoms in total. The van der Waals surface area contributed by atoms with Gasteiger partial charge in [0, 0.05) is 30.7 Å². The van der Waals surface area contributed by atoms with Crippen molar-refractivity contribution in [1.82, 2.24) is 15.2 Å². The lowest BCUT2D eigenvalue weighted by atomic mass is 9.97. The molecule has 2 aliphatic rings. The monoisotopic (exact) mass is 409 g/mol. The molecule has 2 N–H and O–H groups in total. The van der Waals surface area contributed by atoms with Crippen molar-refractivity contribution in [2.75, 3.05) is 43.1 Å². The third-order valence-electron chi connectivity index (χ3n) is 5.28. The minimum atomic E-state index is -1.29. The van der Waals surface area contributed by atoms with Crippen molar-refractivity contribution in [3.8, 4) is 0 Å². The fourth-order valence-corrected chi connectivity index (χ4v) is 3.59. The van der Waals surface area contributed by atoms with Crippen molar-refractivity contribution in [3.63, 3.8) is 0 Å². The molecule has 3 heterocycles. The van der Waals surface area contributed by atoms with E-state index >= 15 is 0 Å². The van der Waals surface area contributed by atoms with E-state index < -0.39 is 23.4 Å². The lowest BCUT2D eigenvalue weighted by Crippen LogP contribution is -2.42. The minimum Gasteiger partial charge on any atom is -0.378 e. The summed E-state index contributed by atoms with van der Waals surface area (Å²) in [5.74, 6) is -0.966. The van der Waals surface area contributed by atoms with Crippen LogP contribution in [0.4, 0.5) is 16.2 Å². The summed E-state index contributed by atoms with van der Waals surface area (Å²) in [7, 11) is 0. The minimum absolute atomic E-state index is 0.377. The Balaban J connectivity index is 1.39. The first-order valence-corrected chi connectivity index (χ1v) is 9.75. The molecule has 0 bridgehead atoms. The molecule has 4 amide bonds. The summed E-state index contributed by atoms with van der Waals surface area (Å²) in [5.41, 5.74) is 0.774. The van der Waals surface area contributed by atoms with Gasteiger partial charge in [-0.15, -0.1) is 0 Å². The lowest BCUT2D eigenvalue weighted by molar-refractivity contribution is -0.133. The van der Waals surface area contributed by atoms with E-state index in [-0.39, 0.29) is 6.54 Å². The Morgan fingerprint density at radius 3 is 2.57 bits per heavy atom. The van der Waals surface area contributed by atoms with E-state index in [0.29, 0.717) is 24.6 Å². The number of urea groups is 1. The molecule has 4 rings (SSSR count). The van der Waals surface area contributed by atoms with Crippen LogP contribution in [0.25, 0.3) is 0 Å². The van der Waals surface area contributed by atoms with Crippen molar-refractivity contribution in [2.24, 2.45) is 0 Å². The lowest BCUT2D eigenvalue weighted by Gasteiger charge is -2.28. The summed E-state index contributed by atoms with van der Waals surface area (Å²) < 4.78 is 5.35. The van der Waals surface area contributed by atoms with Gasteiger partial charge >= 0.3 is 6.03 Å². The van der Waals surface area contributed by atoms with Gasteiger partial charge in [-0.05, 0) is 43.3 Å². The zero-order valence-electron chi connectivity index (χ0n) is 16.6. The number of aromatic nitrogens is 1. The highest BCUT2D eigenvalue weighted by Crippen LogP contribution is 2.27. The first-order chi connectivity index (χ1) is 14.5. The number of nitrogens with zero attached hydrogens (tertiary/aromatic N) is 3. The van der Waals surface area contributed by atoms with Gasteiger partial charge in [0.15, 0.2) is 5.54 Å². The topological polar surface area (TPSA) is 104 Å². The number of hydrogen-bond acceptors (Lipinski definition) is 6. The zero-order valence-corrected chi connectivity index (χ0v) is 16.6. The van der Waals surface area contributed by atoms with Crippen LogP contribution in [0.3, 0.4) is 0 Å². The SMILES string of the molecule is CC1(c2ccccn2)NC(=O)N(CC(=O)Nc2ccc(N3CCOCC3)cc2)C1=O. The molecule has 9 heteroatoms. The smallest absolute Gasteiger partial charge is 0.325 e. The van der Waals surface area contributed by atoms with Gasteiger partial charge in [-0.2, -0.15) is 0 Å². The number of amides is 4. The maximum Gasteiger partial charge on any atom is 0.325 e. The number of rotatable bonds is 5. The summed E-state index contributed by atoms with van der Waals surface area (Å²) in [6, 6.07) is 12.0. The van der Waals surface area contributed by atoms with Crippen LogP contribution in [0.1, 0.15) is 12.6 Å². The van der Waals surface area contributed by atoms with E-state index in [1.807, 2.05) is 12.1 Å². The third kappa shape index (κ3) is 3.84. The maximum absolute atomic E-state index is 12.9. The number of nitrogens with one attached hydrogen (secondary N) is 2. The van der Waals surface area contributed by atoms with Crippen LogP contribution in [-0.4, -0.2) is 60.6 Å². The predicted octanol–water partition coefficient (Wildman–Crippen LogP) is 1.32. The van der Waals surface area contributed by atoms with Gasteiger partial charge in [-0.3, -0.25) is 19.5 Å². The van der Waals surface area contributed by atoms with E-state index in [1.54, 1.807) is 43.5 Å². The quantitative estimate of drug-likeness (QED) is 0.722. The van der Waals surface area contributed by atoms with Crippen LogP contribution in [0.5, 0.6) is 0 Å². The number of carbonyl (C=O) groups excluding carboxylic acids is 3. The van der Waals surface area contributed by atoms with E-state index in [9.17, 15) is 14.4 Å². The van der Waals surface area contributed by atoms with Crippen LogP contribution in [0.15, 0.2) is 48.7 Å². The number of anilines is 2.